The molecule has 2 aromatic heterocycles. The SMILES string of the molecule is C(=Nc1ccccc1)[N-]c1ccccc1.C(=Nc1ccccc1)[N-]c1ccccc1.[Pt].[Pt].[c-]1cc2ccccc2cc1N1[CH-]N(c2ccccc2)c2nccnc21.[c-]1cc2ccccc2cc1N1[CH-]N(c2ccccc2)c2nccnc21. The van der Waals surface area contributed by atoms with Gasteiger partial charge < -0.3 is 40.2 Å². The monoisotopic (exact) mass is 1420 g/mol. The number of para-hydroxylation sites is 6. The molecule has 0 fully saturated rings. The summed E-state index contributed by atoms with van der Waals surface area (Å²) in [6, 6.07) is 90.9. The summed E-state index contributed by atoms with van der Waals surface area (Å²) in [6.07, 6.45) is 10.0. The molecule has 0 radical (unpaired) electrons. The van der Waals surface area contributed by atoms with Crippen LogP contribution in [-0.2, 0) is 42.1 Å². The van der Waals surface area contributed by atoms with Crippen LogP contribution in [0.5, 0.6) is 0 Å². The van der Waals surface area contributed by atoms with Gasteiger partial charge in [0.25, 0.3) is 0 Å². The van der Waals surface area contributed by atoms with E-state index in [0.717, 1.165) is 68.8 Å². The molecule has 12 nitrogen and oxygen atoms in total. The van der Waals surface area contributed by atoms with Crippen molar-refractivity contribution >= 4 is 103 Å². The van der Waals surface area contributed by atoms with Crippen molar-refractivity contribution in [2.75, 3.05) is 19.6 Å². The van der Waals surface area contributed by atoms with Gasteiger partial charge in [-0.3, -0.25) is 0 Å². The van der Waals surface area contributed by atoms with Crippen LogP contribution >= 0.6 is 0 Å². The van der Waals surface area contributed by atoms with Crippen molar-refractivity contribution in [3.63, 3.8) is 0 Å². The molecule has 2 aliphatic rings. The molecule has 14 heteroatoms. The zero-order valence-electron chi connectivity index (χ0n) is 43.9. The van der Waals surface area contributed by atoms with Crippen LogP contribution < -0.4 is 19.6 Å². The molecule has 10 aromatic carbocycles. The van der Waals surface area contributed by atoms with E-state index in [4.69, 9.17) is 0 Å². The first-order valence-corrected chi connectivity index (χ1v) is 25.8. The first-order valence-electron chi connectivity index (χ1n) is 25.8. The number of benzene rings is 10. The fraction of sp³-hybridized carbons (Fsp3) is 0. The van der Waals surface area contributed by atoms with E-state index in [1.807, 2.05) is 227 Å². The molecular formula is C68H50N12Pt2-6. The van der Waals surface area contributed by atoms with Gasteiger partial charge in [-0.15, -0.1) is 70.5 Å². The summed E-state index contributed by atoms with van der Waals surface area (Å²) in [6.45, 7) is 4.03. The molecular weight excluding hydrogens is 1370 g/mol. The van der Waals surface area contributed by atoms with Crippen molar-refractivity contribution < 1.29 is 42.1 Å². The normalized spacial score (nSPS) is 11.9. The van der Waals surface area contributed by atoms with Crippen LogP contribution in [0.2, 0.25) is 0 Å². The molecule has 4 heterocycles. The fourth-order valence-electron chi connectivity index (χ4n) is 8.57. The number of fused-ring (bicyclic) bond motifs is 4. The topological polar surface area (TPSA) is 117 Å². The Morgan fingerprint density at radius 2 is 0.634 bits per heavy atom. The van der Waals surface area contributed by atoms with Gasteiger partial charge in [0.15, 0.2) is 0 Å². The van der Waals surface area contributed by atoms with Gasteiger partial charge in [-0.1, -0.05) is 207 Å². The first kappa shape index (κ1) is 57.1. The molecule has 12 aromatic rings. The maximum absolute atomic E-state index is 4.54. The summed E-state index contributed by atoms with van der Waals surface area (Å²) in [5.74, 6) is 3.24. The molecule has 0 saturated carbocycles. The van der Waals surface area contributed by atoms with Crippen molar-refractivity contribution in [2.45, 2.75) is 0 Å². The van der Waals surface area contributed by atoms with Gasteiger partial charge in [-0.05, 0) is 47.0 Å². The van der Waals surface area contributed by atoms with Gasteiger partial charge in [-0.25, -0.2) is 19.9 Å². The van der Waals surface area contributed by atoms with Crippen LogP contribution in [-0.4, -0.2) is 32.6 Å². The number of aromatic nitrogens is 4. The van der Waals surface area contributed by atoms with Crippen LogP contribution in [0.4, 0.5) is 68.8 Å². The van der Waals surface area contributed by atoms with Crippen molar-refractivity contribution in [1.29, 1.82) is 0 Å². The number of rotatable bonds is 10. The van der Waals surface area contributed by atoms with E-state index in [9.17, 15) is 0 Å². The van der Waals surface area contributed by atoms with Gasteiger partial charge in [0, 0.05) is 78.3 Å². The third-order valence-electron chi connectivity index (χ3n) is 12.5. The Morgan fingerprint density at radius 3 is 0.988 bits per heavy atom. The number of aliphatic imine (C=N–C) groups is 2. The van der Waals surface area contributed by atoms with Crippen LogP contribution in [0.1, 0.15) is 0 Å². The number of nitrogens with zero attached hydrogens (tertiary/aromatic N) is 12. The van der Waals surface area contributed by atoms with E-state index in [0.29, 0.717) is 0 Å². The second kappa shape index (κ2) is 29.0. The summed E-state index contributed by atoms with van der Waals surface area (Å²) >= 11 is 0. The summed E-state index contributed by atoms with van der Waals surface area (Å²) < 4.78 is 0. The third-order valence-corrected chi connectivity index (χ3v) is 12.5. The smallest absolute Gasteiger partial charge is 0.145 e. The van der Waals surface area contributed by atoms with Gasteiger partial charge in [0.1, 0.15) is 23.3 Å². The quantitative estimate of drug-likeness (QED) is 0.0755. The van der Waals surface area contributed by atoms with Crippen molar-refractivity contribution in [3.05, 3.63) is 316 Å². The minimum absolute atomic E-state index is 0. The van der Waals surface area contributed by atoms with E-state index in [-0.39, 0.29) is 42.1 Å². The van der Waals surface area contributed by atoms with Gasteiger partial charge in [0.2, 0.25) is 0 Å². The van der Waals surface area contributed by atoms with E-state index in [1.54, 1.807) is 37.5 Å². The molecule has 0 aliphatic carbocycles. The predicted octanol–water partition coefficient (Wildman–Crippen LogP) is 17.8. The Labute approximate surface area is 506 Å². The molecule has 82 heavy (non-hydrogen) atoms. The van der Waals surface area contributed by atoms with E-state index in [2.05, 4.69) is 113 Å². The number of hydrogen-bond donors (Lipinski definition) is 0. The summed E-state index contributed by atoms with van der Waals surface area (Å²) in [4.78, 5) is 34.7. The van der Waals surface area contributed by atoms with Crippen molar-refractivity contribution in [1.82, 2.24) is 19.9 Å². The molecule has 0 spiro atoms. The number of hydrogen-bond acceptors (Lipinski definition) is 10. The molecule has 408 valence electrons. The van der Waals surface area contributed by atoms with Gasteiger partial charge in [-0.2, -0.15) is 24.3 Å². The Kier molecular flexibility index (Phi) is 20.2. The number of anilines is 8. The predicted molar refractivity (Wildman–Crippen MR) is 328 cm³/mol. The third kappa shape index (κ3) is 14.6. The molecule has 0 N–H and O–H groups in total. The average Bonchev–Trinajstić information content (AvgIpc) is 3.38. The van der Waals surface area contributed by atoms with E-state index >= 15 is 0 Å². The minimum Gasteiger partial charge on any atom is -0.477 e. The van der Waals surface area contributed by atoms with Gasteiger partial charge in [0.05, 0.1) is 0 Å². The minimum atomic E-state index is 0. The molecule has 14 rings (SSSR count). The van der Waals surface area contributed by atoms with Crippen LogP contribution in [0.25, 0.3) is 32.2 Å². The Hall–Kier alpha value is -9.60. The van der Waals surface area contributed by atoms with Gasteiger partial charge >= 0.3 is 0 Å². The maximum atomic E-state index is 4.54. The fourth-order valence-corrected chi connectivity index (χ4v) is 8.57. The molecule has 0 unspecified atom stereocenters. The second-order valence-electron chi connectivity index (χ2n) is 17.8. The summed E-state index contributed by atoms with van der Waals surface area (Å²) in [7, 11) is 0. The zero-order chi connectivity index (χ0) is 54.0. The molecule has 0 saturated heterocycles. The summed E-state index contributed by atoms with van der Waals surface area (Å²) in [5.41, 5.74) is 7.64. The van der Waals surface area contributed by atoms with Crippen LogP contribution in [0.15, 0.2) is 290 Å². The van der Waals surface area contributed by atoms with Crippen molar-refractivity contribution in [2.24, 2.45) is 9.98 Å². The van der Waals surface area contributed by atoms with Crippen LogP contribution in [0.3, 0.4) is 0 Å². The molecule has 0 amide bonds. The van der Waals surface area contributed by atoms with E-state index < -0.39 is 0 Å². The largest absolute Gasteiger partial charge is 0.477 e. The zero-order valence-corrected chi connectivity index (χ0v) is 48.4. The first-order chi connectivity index (χ1) is 39.7. The average molecular weight is 1430 g/mol. The second-order valence-corrected chi connectivity index (χ2v) is 17.8. The Morgan fingerprint density at radius 1 is 0.341 bits per heavy atom. The van der Waals surface area contributed by atoms with Crippen LogP contribution in [0, 0.1) is 25.5 Å². The summed E-state index contributed by atoms with van der Waals surface area (Å²) in [5, 5.41) is 13.1. The Bertz CT molecular complexity index is 3680. The Balaban J connectivity index is 0.000000135. The molecule has 2 aliphatic heterocycles. The maximum Gasteiger partial charge on any atom is 0.145 e. The molecule has 0 bridgehead atoms. The standard InChI is InChI=1S/2C21H14N4.2C13H11N2.2Pt/c2*1-2-8-18(9-3-1)24-15-25(21-20(24)22-12-13-23-21)19-11-10-16-6-4-5-7-17(16)14-19;2*1-3-7-12(8-4-1)14-11-15-13-9-5-2-6-10-13;;/h2*1-10,12-15H;2*1-11H;;/q2*-2;2*-1;;. The molecule has 0 atom stereocenters. The van der Waals surface area contributed by atoms with Crippen molar-refractivity contribution in [3.8, 4) is 0 Å². The van der Waals surface area contributed by atoms with E-state index in [1.165, 1.54) is 21.5 Å².